The van der Waals surface area contributed by atoms with E-state index in [1.165, 1.54) is 42.3 Å². The summed E-state index contributed by atoms with van der Waals surface area (Å²) in [4.78, 5) is 8.80. The van der Waals surface area contributed by atoms with E-state index in [9.17, 15) is 5.11 Å². The molecule has 0 bridgehead atoms. The number of aromatic nitrogens is 1. The van der Waals surface area contributed by atoms with E-state index in [4.69, 9.17) is 0 Å². The fraction of sp³-hybridized carbons (Fsp3) is 0.600. The summed E-state index contributed by atoms with van der Waals surface area (Å²) in [7, 11) is 0. The molecule has 1 aromatic heterocycles. The Morgan fingerprint density at radius 1 is 1.12 bits per heavy atom. The van der Waals surface area contributed by atoms with Gasteiger partial charge in [0.25, 0.3) is 0 Å². The van der Waals surface area contributed by atoms with E-state index in [-0.39, 0.29) is 0 Å². The van der Waals surface area contributed by atoms with E-state index in [1.807, 2.05) is 0 Å². The van der Waals surface area contributed by atoms with Gasteiger partial charge in [-0.15, -0.1) is 0 Å². The number of nitrogens with one attached hydrogen (secondary N) is 1. The number of piperazine rings is 1. The van der Waals surface area contributed by atoms with Gasteiger partial charge in [-0.1, -0.05) is 31.0 Å². The summed E-state index contributed by atoms with van der Waals surface area (Å²) in [6.07, 6.45) is 6.37. The highest BCUT2D eigenvalue weighted by Gasteiger charge is 2.32. The molecule has 0 radical (unpaired) electrons. The van der Waals surface area contributed by atoms with E-state index in [0.717, 1.165) is 38.6 Å². The van der Waals surface area contributed by atoms with E-state index in [0.29, 0.717) is 12.6 Å². The molecule has 0 unspecified atom stereocenters. The number of aromatic amines is 1. The maximum Gasteiger partial charge on any atom is 0.0456 e. The lowest BCUT2D eigenvalue weighted by Crippen LogP contribution is -2.56. The standard InChI is InChI=1S/C20H29N3O/c24-12-9-19-15-22(10-11-23(19)18-6-2-3-7-18)14-17-13-16-5-1-4-8-20(16)21-17/h1,4-5,8,13,18-19,21,24H,2-3,6-7,9-12,14-15H2/t19-/m0/s1. The Balaban J connectivity index is 1.43. The van der Waals surface area contributed by atoms with Crippen LogP contribution in [-0.4, -0.2) is 58.2 Å². The number of hydrogen-bond donors (Lipinski definition) is 2. The predicted molar refractivity (Wildman–Crippen MR) is 98.0 cm³/mol. The van der Waals surface area contributed by atoms with Crippen molar-refractivity contribution in [3.8, 4) is 0 Å². The molecule has 2 aliphatic rings. The minimum atomic E-state index is 0.300. The van der Waals surface area contributed by atoms with Crippen LogP contribution in [-0.2, 0) is 6.54 Å². The summed E-state index contributed by atoms with van der Waals surface area (Å²) in [5.41, 5.74) is 2.53. The summed E-state index contributed by atoms with van der Waals surface area (Å²) in [6, 6.07) is 12.0. The monoisotopic (exact) mass is 327 g/mol. The van der Waals surface area contributed by atoms with Crippen LogP contribution in [0.3, 0.4) is 0 Å². The Kier molecular flexibility index (Phi) is 4.88. The fourth-order valence-corrected chi connectivity index (χ4v) is 4.66. The van der Waals surface area contributed by atoms with Crippen molar-refractivity contribution in [1.29, 1.82) is 0 Å². The quantitative estimate of drug-likeness (QED) is 0.887. The van der Waals surface area contributed by atoms with Crippen molar-refractivity contribution in [1.82, 2.24) is 14.8 Å². The average Bonchev–Trinajstić information content (AvgIpc) is 3.24. The van der Waals surface area contributed by atoms with Gasteiger partial charge in [0.1, 0.15) is 0 Å². The highest BCUT2D eigenvalue weighted by atomic mass is 16.3. The molecule has 0 spiro atoms. The van der Waals surface area contributed by atoms with Crippen molar-refractivity contribution in [3.63, 3.8) is 0 Å². The molecule has 0 amide bonds. The van der Waals surface area contributed by atoms with Gasteiger partial charge < -0.3 is 10.1 Å². The van der Waals surface area contributed by atoms with Crippen molar-refractivity contribution in [2.45, 2.75) is 50.7 Å². The number of aliphatic hydroxyl groups is 1. The van der Waals surface area contributed by atoms with Crippen molar-refractivity contribution in [2.24, 2.45) is 0 Å². The van der Waals surface area contributed by atoms with Crippen LogP contribution in [0.2, 0.25) is 0 Å². The van der Waals surface area contributed by atoms with Crippen molar-refractivity contribution in [2.75, 3.05) is 26.2 Å². The molecule has 2 aromatic rings. The van der Waals surface area contributed by atoms with Gasteiger partial charge in [0.15, 0.2) is 0 Å². The van der Waals surface area contributed by atoms with Gasteiger partial charge >= 0.3 is 0 Å². The predicted octanol–water partition coefficient (Wildman–Crippen LogP) is 2.98. The van der Waals surface area contributed by atoms with Crippen LogP contribution < -0.4 is 0 Å². The Bertz CT molecular complexity index is 629. The van der Waals surface area contributed by atoms with Crippen LogP contribution in [0.15, 0.2) is 30.3 Å². The molecule has 4 heteroatoms. The second kappa shape index (κ2) is 7.26. The number of H-pyrrole nitrogens is 1. The highest BCUT2D eigenvalue weighted by molar-refractivity contribution is 5.80. The molecule has 1 saturated heterocycles. The maximum atomic E-state index is 9.50. The van der Waals surface area contributed by atoms with Crippen LogP contribution >= 0.6 is 0 Å². The van der Waals surface area contributed by atoms with Crippen molar-refractivity contribution in [3.05, 3.63) is 36.0 Å². The first-order valence-electron chi connectivity index (χ1n) is 9.49. The maximum absolute atomic E-state index is 9.50. The van der Waals surface area contributed by atoms with E-state index in [2.05, 4.69) is 45.1 Å². The van der Waals surface area contributed by atoms with Gasteiger partial charge in [-0.25, -0.2) is 0 Å². The highest BCUT2D eigenvalue weighted by Crippen LogP contribution is 2.28. The first kappa shape index (κ1) is 16.1. The molecule has 1 saturated carbocycles. The molecule has 2 N–H and O–H groups in total. The van der Waals surface area contributed by atoms with Gasteiger partial charge in [0.05, 0.1) is 0 Å². The minimum Gasteiger partial charge on any atom is -0.396 e. The largest absolute Gasteiger partial charge is 0.396 e. The SMILES string of the molecule is OCC[C@H]1CN(Cc2cc3ccccc3[nH]2)CCN1C1CCCC1. The lowest BCUT2D eigenvalue weighted by molar-refractivity contribution is 0.0263. The summed E-state index contributed by atoms with van der Waals surface area (Å²) >= 11 is 0. The van der Waals surface area contributed by atoms with Crippen LogP contribution in [0.1, 0.15) is 37.8 Å². The van der Waals surface area contributed by atoms with E-state index >= 15 is 0 Å². The zero-order valence-corrected chi connectivity index (χ0v) is 14.5. The van der Waals surface area contributed by atoms with Gasteiger partial charge in [-0.2, -0.15) is 0 Å². The van der Waals surface area contributed by atoms with Gasteiger partial charge in [-0.05, 0) is 36.8 Å². The molecule has 24 heavy (non-hydrogen) atoms. The van der Waals surface area contributed by atoms with Gasteiger partial charge in [0, 0.05) is 56.1 Å². The lowest BCUT2D eigenvalue weighted by atomic mass is 10.0. The summed E-state index contributed by atoms with van der Waals surface area (Å²) < 4.78 is 0. The molecule has 1 atom stereocenters. The van der Waals surface area contributed by atoms with E-state index < -0.39 is 0 Å². The summed E-state index contributed by atoms with van der Waals surface area (Å²) in [5.74, 6) is 0. The van der Waals surface area contributed by atoms with Crippen LogP contribution in [0.25, 0.3) is 10.9 Å². The second-order valence-corrected chi connectivity index (χ2v) is 7.46. The number of rotatable bonds is 5. The molecule has 130 valence electrons. The number of aliphatic hydroxyl groups excluding tert-OH is 1. The molecule has 1 aliphatic heterocycles. The second-order valence-electron chi connectivity index (χ2n) is 7.46. The molecule has 2 fully saturated rings. The third kappa shape index (κ3) is 3.37. The third-order valence-corrected chi connectivity index (χ3v) is 5.85. The number of hydrogen-bond acceptors (Lipinski definition) is 3. The third-order valence-electron chi connectivity index (χ3n) is 5.85. The van der Waals surface area contributed by atoms with Crippen molar-refractivity contribution >= 4 is 10.9 Å². The number of fused-ring (bicyclic) bond motifs is 1. The fourth-order valence-electron chi connectivity index (χ4n) is 4.66. The Morgan fingerprint density at radius 3 is 2.75 bits per heavy atom. The number of para-hydroxylation sites is 1. The number of nitrogens with zero attached hydrogens (tertiary/aromatic N) is 2. The molecule has 4 rings (SSSR count). The topological polar surface area (TPSA) is 42.5 Å². The van der Waals surface area contributed by atoms with E-state index in [1.54, 1.807) is 0 Å². The van der Waals surface area contributed by atoms with Gasteiger partial charge in [0.2, 0.25) is 0 Å². The molecular formula is C20H29N3O. The Labute approximate surface area is 144 Å². The lowest BCUT2D eigenvalue weighted by Gasteiger charge is -2.44. The van der Waals surface area contributed by atoms with Crippen LogP contribution in [0.5, 0.6) is 0 Å². The molecule has 2 heterocycles. The number of benzene rings is 1. The Morgan fingerprint density at radius 2 is 1.96 bits per heavy atom. The first-order valence-corrected chi connectivity index (χ1v) is 9.49. The molecule has 4 nitrogen and oxygen atoms in total. The molecule has 1 aromatic carbocycles. The first-order chi connectivity index (χ1) is 11.8. The van der Waals surface area contributed by atoms with Crippen molar-refractivity contribution < 1.29 is 5.11 Å². The van der Waals surface area contributed by atoms with Crippen LogP contribution in [0, 0.1) is 0 Å². The minimum absolute atomic E-state index is 0.300. The molecular weight excluding hydrogens is 298 g/mol. The summed E-state index contributed by atoms with van der Waals surface area (Å²) in [5, 5.41) is 10.8. The Hall–Kier alpha value is -1.36. The zero-order chi connectivity index (χ0) is 16.4. The van der Waals surface area contributed by atoms with Gasteiger partial charge in [-0.3, -0.25) is 9.80 Å². The van der Waals surface area contributed by atoms with Crippen LogP contribution in [0.4, 0.5) is 0 Å². The summed E-state index contributed by atoms with van der Waals surface area (Å²) in [6.45, 7) is 4.64. The normalized spacial score (nSPS) is 24.1. The zero-order valence-electron chi connectivity index (χ0n) is 14.5. The average molecular weight is 327 g/mol. The smallest absolute Gasteiger partial charge is 0.0456 e. The molecule has 1 aliphatic carbocycles.